The number of carbonyl (C=O) groups excluding carboxylic acids is 2. The van der Waals surface area contributed by atoms with Crippen LogP contribution >= 0.6 is 0 Å². The molecule has 0 aliphatic heterocycles. The summed E-state index contributed by atoms with van der Waals surface area (Å²) in [6.07, 6.45) is -1.25. The largest absolute Gasteiger partial charge is 0.451 e. The Bertz CT molecular complexity index is 968. The second-order valence-corrected chi connectivity index (χ2v) is 6.75. The third kappa shape index (κ3) is 5.19. The van der Waals surface area contributed by atoms with E-state index in [1.807, 2.05) is 91.0 Å². The summed E-state index contributed by atoms with van der Waals surface area (Å²) >= 11 is 0. The number of aliphatic hydroxyl groups excluding tert-OH is 1. The molecule has 0 aliphatic carbocycles. The summed E-state index contributed by atoms with van der Waals surface area (Å²) in [6.45, 7) is 0.964. The number of benzene rings is 3. The van der Waals surface area contributed by atoms with Gasteiger partial charge in [0.05, 0.1) is 0 Å². The quantitative estimate of drug-likeness (QED) is 0.290. The van der Waals surface area contributed by atoms with Gasteiger partial charge in [-0.15, -0.1) is 0 Å². The van der Waals surface area contributed by atoms with Gasteiger partial charge in [-0.2, -0.15) is 0 Å². The summed E-state index contributed by atoms with van der Waals surface area (Å²) in [5.41, 5.74) is 1.08. The molecule has 0 fully saturated rings. The molecule has 0 spiro atoms. The Hall–Kier alpha value is -3.88. The average molecular weight is 414 g/mol. The molecule has 1 atom stereocenters. The smallest absolute Gasteiger partial charge is 0.386 e. The molecular weight excluding hydrogens is 392 g/mol. The molecule has 0 aromatic heterocycles. The molecule has 0 saturated carbocycles. The summed E-state index contributed by atoms with van der Waals surface area (Å²) in [5, 5.41) is 9.15. The number of aliphatic hydroxyl groups is 1. The van der Waals surface area contributed by atoms with Gasteiger partial charge in [-0.3, -0.25) is 0 Å². The van der Waals surface area contributed by atoms with Crippen molar-refractivity contribution in [3.05, 3.63) is 108 Å². The van der Waals surface area contributed by atoms with Gasteiger partial charge in [0.1, 0.15) is 6.10 Å². The van der Waals surface area contributed by atoms with Crippen molar-refractivity contribution in [3.63, 3.8) is 0 Å². The molecular formula is C26H22O5. The SMILES string of the molecule is CC(O)C(=O)OCC#CC(=O)OC(c1ccccc1)(c1ccccc1)c1ccccc1. The lowest BCUT2D eigenvalue weighted by molar-refractivity contribution is -0.151. The second kappa shape index (κ2) is 10.2. The molecule has 3 rings (SSSR count). The van der Waals surface area contributed by atoms with Crippen LogP contribution in [-0.4, -0.2) is 29.8 Å². The first-order valence-electron chi connectivity index (χ1n) is 9.77. The maximum Gasteiger partial charge on any atom is 0.386 e. The van der Waals surface area contributed by atoms with Crippen LogP contribution in [0.2, 0.25) is 0 Å². The molecule has 0 aliphatic rings. The van der Waals surface area contributed by atoms with Gasteiger partial charge >= 0.3 is 11.9 Å². The van der Waals surface area contributed by atoms with E-state index in [2.05, 4.69) is 11.8 Å². The first kappa shape index (κ1) is 21.8. The zero-order chi connectivity index (χ0) is 22.1. The summed E-state index contributed by atoms with van der Waals surface area (Å²) < 4.78 is 10.8. The van der Waals surface area contributed by atoms with Crippen LogP contribution in [0.5, 0.6) is 0 Å². The molecule has 0 radical (unpaired) electrons. The van der Waals surface area contributed by atoms with Gasteiger partial charge in [0.2, 0.25) is 0 Å². The van der Waals surface area contributed by atoms with E-state index < -0.39 is 23.6 Å². The fraction of sp³-hybridized carbons (Fsp3) is 0.154. The summed E-state index contributed by atoms with van der Waals surface area (Å²) in [7, 11) is 0. The summed E-state index contributed by atoms with van der Waals surface area (Å²) in [5.74, 6) is 3.26. The van der Waals surface area contributed by atoms with Gasteiger partial charge in [-0.25, -0.2) is 9.59 Å². The lowest BCUT2D eigenvalue weighted by Gasteiger charge is -2.34. The molecule has 5 nitrogen and oxygen atoms in total. The van der Waals surface area contributed by atoms with Gasteiger partial charge in [0, 0.05) is 22.6 Å². The van der Waals surface area contributed by atoms with E-state index in [1.165, 1.54) is 6.92 Å². The van der Waals surface area contributed by atoms with Crippen LogP contribution in [0.1, 0.15) is 23.6 Å². The number of carbonyl (C=O) groups is 2. The number of esters is 2. The third-order valence-electron chi connectivity index (χ3n) is 4.60. The summed E-state index contributed by atoms with van der Waals surface area (Å²) in [6, 6.07) is 28.3. The molecule has 3 aromatic carbocycles. The van der Waals surface area contributed by atoms with Crippen LogP contribution in [-0.2, 0) is 24.7 Å². The van der Waals surface area contributed by atoms with Crippen molar-refractivity contribution in [1.29, 1.82) is 0 Å². The van der Waals surface area contributed by atoms with Crippen molar-refractivity contribution in [2.75, 3.05) is 6.61 Å². The van der Waals surface area contributed by atoms with Gasteiger partial charge in [-0.1, -0.05) is 91.0 Å². The third-order valence-corrected chi connectivity index (χ3v) is 4.60. The van der Waals surface area contributed by atoms with Gasteiger partial charge in [0.15, 0.2) is 12.2 Å². The van der Waals surface area contributed by atoms with Crippen LogP contribution in [0.4, 0.5) is 0 Å². The van der Waals surface area contributed by atoms with E-state index in [0.29, 0.717) is 0 Å². The monoisotopic (exact) mass is 414 g/mol. The maximum absolute atomic E-state index is 12.8. The number of ether oxygens (including phenoxy) is 2. The first-order chi connectivity index (χ1) is 15.0. The van der Waals surface area contributed by atoms with E-state index in [1.54, 1.807) is 0 Å². The van der Waals surface area contributed by atoms with Crippen molar-refractivity contribution < 1.29 is 24.2 Å². The fourth-order valence-corrected chi connectivity index (χ4v) is 3.20. The Morgan fingerprint density at radius 2 is 1.26 bits per heavy atom. The highest BCUT2D eigenvalue weighted by Crippen LogP contribution is 2.40. The van der Waals surface area contributed by atoms with Crippen molar-refractivity contribution in [3.8, 4) is 11.8 Å². The van der Waals surface area contributed by atoms with E-state index in [4.69, 9.17) is 14.6 Å². The maximum atomic E-state index is 12.8. The highest BCUT2D eigenvalue weighted by molar-refractivity contribution is 5.89. The molecule has 5 heteroatoms. The molecule has 3 aromatic rings. The van der Waals surface area contributed by atoms with Crippen molar-refractivity contribution >= 4 is 11.9 Å². The molecule has 0 saturated heterocycles. The Kier molecular flexibility index (Phi) is 7.21. The van der Waals surface area contributed by atoms with Crippen LogP contribution in [0.15, 0.2) is 91.0 Å². The lowest BCUT2D eigenvalue weighted by Crippen LogP contribution is -2.35. The Balaban J connectivity index is 2.01. The van der Waals surface area contributed by atoms with Gasteiger partial charge in [0.25, 0.3) is 0 Å². The van der Waals surface area contributed by atoms with E-state index in [-0.39, 0.29) is 6.61 Å². The molecule has 0 heterocycles. The number of hydrogen-bond donors (Lipinski definition) is 1. The van der Waals surface area contributed by atoms with E-state index in [0.717, 1.165) is 16.7 Å². The first-order valence-corrected chi connectivity index (χ1v) is 9.77. The van der Waals surface area contributed by atoms with Crippen molar-refractivity contribution in [2.45, 2.75) is 18.6 Å². The van der Waals surface area contributed by atoms with E-state index in [9.17, 15) is 9.59 Å². The minimum Gasteiger partial charge on any atom is -0.451 e. The Labute approximate surface area is 181 Å². The number of rotatable bonds is 6. The van der Waals surface area contributed by atoms with E-state index >= 15 is 0 Å². The van der Waals surface area contributed by atoms with Gasteiger partial charge < -0.3 is 14.6 Å². The van der Waals surface area contributed by atoms with Gasteiger partial charge in [-0.05, 0) is 12.8 Å². The average Bonchev–Trinajstić information content (AvgIpc) is 2.82. The summed E-state index contributed by atoms with van der Waals surface area (Å²) in [4.78, 5) is 24.1. The topological polar surface area (TPSA) is 72.8 Å². The standard InChI is InChI=1S/C26H22O5/c1-20(27)25(29)30-19-11-18-24(28)31-26(21-12-5-2-6-13-21,22-14-7-3-8-15-22)23-16-9-4-10-17-23/h2-10,12-17,20,27H,19H2,1H3. The predicted octanol–water partition coefficient (Wildman–Crippen LogP) is 3.45. The Morgan fingerprint density at radius 3 is 1.65 bits per heavy atom. The lowest BCUT2D eigenvalue weighted by atomic mass is 9.80. The predicted molar refractivity (Wildman–Crippen MR) is 116 cm³/mol. The molecule has 0 bridgehead atoms. The highest BCUT2D eigenvalue weighted by Gasteiger charge is 2.40. The molecule has 156 valence electrons. The van der Waals surface area contributed by atoms with Crippen LogP contribution in [0.25, 0.3) is 0 Å². The fourth-order valence-electron chi connectivity index (χ4n) is 3.20. The van der Waals surface area contributed by atoms with Crippen LogP contribution < -0.4 is 0 Å². The highest BCUT2D eigenvalue weighted by atomic mass is 16.6. The normalized spacial score (nSPS) is 11.5. The number of hydrogen-bond acceptors (Lipinski definition) is 5. The molecule has 1 unspecified atom stereocenters. The zero-order valence-electron chi connectivity index (χ0n) is 17.0. The second-order valence-electron chi connectivity index (χ2n) is 6.75. The minimum absolute atomic E-state index is 0.326. The minimum atomic E-state index is -1.25. The van der Waals surface area contributed by atoms with Crippen LogP contribution in [0, 0.1) is 11.8 Å². The molecule has 1 N–H and O–H groups in total. The van der Waals surface area contributed by atoms with Crippen LogP contribution in [0.3, 0.4) is 0 Å². The van der Waals surface area contributed by atoms with Crippen molar-refractivity contribution in [2.24, 2.45) is 0 Å². The zero-order valence-corrected chi connectivity index (χ0v) is 17.0. The molecule has 0 amide bonds. The Morgan fingerprint density at radius 1 is 0.839 bits per heavy atom. The molecule has 31 heavy (non-hydrogen) atoms. The van der Waals surface area contributed by atoms with Crippen molar-refractivity contribution in [1.82, 2.24) is 0 Å².